The molecular weight excluding hydrogens is 372 g/mol. The minimum Gasteiger partial charge on any atom is -0.247 e. The van der Waals surface area contributed by atoms with Crippen LogP contribution >= 0.6 is 0 Å². The molecule has 0 saturated carbocycles. The maximum atomic E-state index is 4.29. The van der Waals surface area contributed by atoms with Gasteiger partial charge in [0.1, 0.15) is 11.4 Å². The molecule has 0 radical (unpaired) electrons. The smallest absolute Gasteiger partial charge is 0.113 e. The Balaban J connectivity index is 1.29. The van der Waals surface area contributed by atoms with E-state index in [1.165, 1.54) is 11.1 Å². The SMILES string of the molecule is c1ccc(-c2cn(Cc3cccc(Cn4cc(-c5ccccc5)nn4)c3)nn2)cc1. The Hall–Kier alpha value is -4.06. The van der Waals surface area contributed by atoms with E-state index in [2.05, 4.69) is 44.9 Å². The van der Waals surface area contributed by atoms with E-state index in [1.54, 1.807) is 0 Å². The normalized spacial score (nSPS) is 10.9. The van der Waals surface area contributed by atoms with Crippen molar-refractivity contribution in [3.8, 4) is 22.5 Å². The van der Waals surface area contributed by atoms with Crippen molar-refractivity contribution in [2.24, 2.45) is 0 Å². The summed E-state index contributed by atoms with van der Waals surface area (Å²) in [5, 5.41) is 17.1. The zero-order chi connectivity index (χ0) is 20.2. The number of hydrogen-bond donors (Lipinski definition) is 0. The highest BCUT2D eigenvalue weighted by Gasteiger charge is 2.06. The van der Waals surface area contributed by atoms with Gasteiger partial charge in [-0.25, -0.2) is 9.36 Å². The van der Waals surface area contributed by atoms with Gasteiger partial charge < -0.3 is 0 Å². The first-order chi connectivity index (χ1) is 14.8. The van der Waals surface area contributed by atoms with E-state index in [9.17, 15) is 0 Å². The summed E-state index contributed by atoms with van der Waals surface area (Å²) in [6.45, 7) is 1.33. The second kappa shape index (κ2) is 8.13. The number of aromatic nitrogens is 6. The third kappa shape index (κ3) is 4.03. The number of rotatable bonds is 6. The molecule has 146 valence electrons. The van der Waals surface area contributed by atoms with Crippen molar-refractivity contribution >= 4 is 0 Å². The lowest BCUT2D eigenvalue weighted by Gasteiger charge is -2.05. The summed E-state index contributed by atoms with van der Waals surface area (Å²) in [5.41, 5.74) is 6.22. The number of nitrogens with zero attached hydrogens (tertiary/aromatic N) is 6. The molecule has 0 unspecified atom stereocenters. The quantitative estimate of drug-likeness (QED) is 0.432. The van der Waals surface area contributed by atoms with Crippen LogP contribution in [0.5, 0.6) is 0 Å². The minimum atomic E-state index is 0.667. The van der Waals surface area contributed by atoms with Crippen LogP contribution in [0.3, 0.4) is 0 Å². The molecule has 3 aromatic carbocycles. The highest BCUT2D eigenvalue weighted by atomic mass is 15.4. The van der Waals surface area contributed by atoms with Crippen molar-refractivity contribution in [2.45, 2.75) is 13.1 Å². The molecule has 0 aliphatic heterocycles. The zero-order valence-electron chi connectivity index (χ0n) is 16.3. The first kappa shape index (κ1) is 18.0. The molecule has 6 nitrogen and oxygen atoms in total. The molecule has 0 N–H and O–H groups in total. The van der Waals surface area contributed by atoms with E-state index in [0.717, 1.165) is 22.5 Å². The van der Waals surface area contributed by atoms with Crippen LogP contribution in [0.1, 0.15) is 11.1 Å². The highest BCUT2D eigenvalue weighted by Crippen LogP contribution is 2.17. The summed E-state index contributed by atoms with van der Waals surface area (Å²) >= 11 is 0. The fourth-order valence-corrected chi connectivity index (χ4v) is 3.43. The van der Waals surface area contributed by atoms with Gasteiger partial charge in [-0.2, -0.15) is 0 Å². The Bertz CT molecular complexity index is 1150. The number of hydrogen-bond acceptors (Lipinski definition) is 4. The van der Waals surface area contributed by atoms with E-state index in [-0.39, 0.29) is 0 Å². The Morgan fingerprint density at radius 3 is 1.47 bits per heavy atom. The summed E-state index contributed by atoms with van der Waals surface area (Å²) < 4.78 is 3.73. The van der Waals surface area contributed by atoms with Gasteiger partial charge in [-0.1, -0.05) is 95.4 Å². The van der Waals surface area contributed by atoms with Gasteiger partial charge >= 0.3 is 0 Å². The largest absolute Gasteiger partial charge is 0.247 e. The fraction of sp³-hybridized carbons (Fsp3) is 0.0833. The molecule has 0 fully saturated rings. The van der Waals surface area contributed by atoms with Gasteiger partial charge in [0.15, 0.2) is 0 Å². The van der Waals surface area contributed by atoms with Crippen LogP contribution in [0, 0.1) is 0 Å². The summed E-state index contributed by atoms with van der Waals surface area (Å²) in [6, 6.07) is 28.6. The van der Waals surface area contributed by atoms with Gasteiger partial charge in [-0.15, -0.1) is 10.2 Å². The van der Waals surface area contributed by atoms with Crippen LogP contribution in [-0.2, 0) is 13.1 Å². The van der Waals surface area contributed by atoms with Gasteiger partial charge in [0.2, 0.25) is 0 Å². The van der Waals surface area contributed by atoms with Crippen molar-refractivity contribution in [2.75, 3.05) is 0 Å². The maximum Gasteiger partial charge on any atom is 0.113 e. The van der Waals surface area contributed by atoms with Gasteiger partial charge in [0.05, 0.1) is 25.5 Å². The van der Waals surface area contributed by atoms with E-state index in [1.807, 2.05) is 82.4 Å². The van der Waals surface area contributed by atoms with Gasteiger partial charge in [0, 0.05) is 11.1 Å². The van der Waals surface area contributed by atoms with Crippen LogP contribution in [0.4, 0.5) is 0 Å². The van der Waals surface area contributed by atoms with Gasteiger partial charge in [-0.05, 0) is 11.1 Å². The summed E-state index contributed by atoms with van der Waals surface area (Å²) in [6.07, 6.45) is 3.96. The molecule has 0 atom stereocenters. The van der Waals surface area contributed by atoms with Gasteiger partial charge in [0.25, 0.3) is 0 Å². The average molecular weight is 392 g/mol. The molecular formula is C24H20N6. The molecule has 6 heteroatoms. The Labute approximate surface area is 174 Å². The standard InChI is InChI=1S/C24H20N6/c1-3-10-21(11-4-1)23-17-29(27-25-23)15-19-8-7-9-20(14-19)16-30-18-24(26-28-30)22-12-5-2-6-13-22/h1-14,17-18H,15-16H2. The Morgan fingerprint density at radius 1 is 0.533 bits per heavy atom. The third-order valence-electron chi connectivity index (χ3n) is 4.90. The number of benzene rings is 3. The molecule has 0 bridgehead atoms. The second-order valence-electron chi connectivity index (χ2n) is 7.15. The maximum absolute atomic E-state index is 4.29. The fourth-order valence-electron chi connectivity index (χ4n) is 3.43. The molecule has 2 heterocycles. The zero-order valence-corrected chi connectivity index (χ0v) is 16.3. The van der Waals surface area contributed by atoms with Crippen molar-refractivity contribution in [1.82, 2.24) is 30.0 Å². The van der Waals surface area contributed by atoms with Crippen molar-refractivity contribution in [3.63, 3.8) is 0 Å². The topological polar surface area (TPSA) is 61.4 Å². The molecule has 0 amide bonds. The molecule has 0 aliphatic rings. The van der Waals surface area contributed by atoms with E-state index in [0.29, 0.717) is 13.1 Å². The van der Waals surface area contributed by atoms with E-state index in [4.69, 9.17) is 0 Å². The first-order valence-corrected chi connectivity index (χ1v) is 9.82. The first-order valence-electron chi connectivity index (χ1n) is 9.82. The predicted molar refractivity (Wildman–Crippen MR) is 116 cm³/mol. The predicted octanol–water partition coefficient (Wildman–Crippen LogP) is 4.30. The van der Waals surface area contributed by atoms with Crippen LogP contribution in [-0.4, -0.2) is 30.0 Å². The van der Waals surface area contributed by atoms with E-state index >= 15 is 0 Å². The molecule has 0 saturated heterocycles. The summed E-state index contributed by atoms with van der Waals surface area (Å²) in [7, 11) is 0. The molecule has 5 rings (SSSR count). The van der Waals surface area contributed by atoms with Crippen LogP contribution < -0.4 is 0 Å². The lowest BCUT2D eigenvalue weighted by atomic mass is 10.1. The van der Waals surface area contributed by atoms with Crippen LogP contribution in [0.2, 0.25) is 0 Å². The molecule has 2 aromatic heterocycles. The molecule has 0 aliphatic carbocycles. The Kier molecular flexibility index (Phi) is 4.88. The molecule has 5 aromatic rings. The van der Waals surface area contributed by atoms with Crippen molar-refractivity contribution in [3.05, 3.63) is 108 Å². The average Bonchev–Trinajstić information content (AvgIpc) is 3.45. The van der Waals surface area contributed by atoms with Crippen LogP contribution in [0.15, 0.2) is 97.3 Å². The van der Waals surface area contributed by atoms with Crippen LogP contribution in [0.25, 0.3) is 22.5 Å². The lowest BCUT2D eigenvalue weighted by molar-refractivity contribution is 0.639. The van der Waals surface area contributed by atoms with Gasteiger partial charge in [-0.3, -0.25) is 0 Å². The lowest BCUT2D eigenvalue weighted by Crippen LogP contribution is -2.04. The summed E-state index contributed by atoms with van der Waals surface area (Å²) in [4.78, 5) is 0. The highest BCUT2D eigenvalue weighted by molar-refractivity contribution is 5.57. The Morgan fingerprint density at radius 2 is 1.00 bits per heavy atom. The second-order valence-corrected chi connectivity index (χ2v) is 7.15. The summed E-state index contributed by atoms with van der Waals surface area (Å²) in [5.74, 6) is 0. The monoisotopic (exact) mass is 392 g/mol. The minimum absolute atomic E-state index is 0.667. The third-order valence-corrected chi connectivity index (χ3v) is 4.90. The van der Waals surface area contributed by atoms with Crippen molar-refractivity contribution < 1.29 is 0 Å². The molecule has 30 heavy (non-hydrogen) atoms. The molecule has 0 spiro atoms. The van der Waals surface area contributed by atoms with Crippen molar-refractivity contribution in [1.29, 1.82) is 0 Å². The van der Waals surface area contributed by atoms with E-state index < -0.39 is 0 Å².